The fourth-order valence-corrected chi connectivity index (χ4v) is 2.28. The lowest BCUT2D eigenvalue weighted by Gasteiger charge is -2.11. The Kier molecular flexibility index (Phi) is 5.72. The second-order valence-electron chi connectivity index (χ2n) is 5.32. The maximum absolute atomic E-state index is 12.3. The maximum Gasteiger partial charge on any atom is 0.270 e. The third-order valence-electron chi connectivity index (χ3n) is 3.48. The third-order valence-corrected chi connectivity index (χ3v) is 3.48. The van der Waals surface area contributed by atoms with Crippen LogP contribution in [0.2, 0.25) is 0 Å². The van der Waals surface area contributed by atoms with Crippen LogP contribution in [0.15, 0.2) is 60.9 Å². The van der Waals surface area contributed by atoms with Gasteiger partial charge >= 0.3 is 0 Å². The molecule has 0 spiro atoms. The van der Waals surface area contributed by atoms with Gasteiger partial charge in [0.05, 0.1) is 24.5 Å². The van der Waals surface area contributed by atoms with Crippen LogP contribution in [-0.4, -0.2) is 27.5 Å². The van der Waals surface area contributed by atoms with Crippen molar-refractivity contribution >= 4 is 17.5 Å². The lowest BCUT2D eigenvalue weighted by Crippen LogP contribution is -2.24. The van der Waals surface area contributed by atoms with Crippen LogP contribution < -0.4 is 15.4 Å². The van der Waals surface area contributed by atoms with E-state index in [1.54, 1.807) is 12.3 Å². The lowest BCUT2D eigenvalue weighted by molar-refractivity contribution is 0.0945. The van der Waals surface area contributed by atoms with E-state index in [1.165, 1.54) is 6.20 Å². The van der Waals surface area contributed by atoms with Crippen molar-refractivity contribution in [1.82, 2.24) is 20.3 Å². The van der Waals surface area contributed by atoms with E-state index in [9.17, 15) is 4.79 Å². The van der Waals surface area contributed by atoms with Crippen LogP contribution in [0.3, 0.4) is 0 Å². The van der Waals surface area contributed by atoms with E-state index in [1.807, 2.05) is 49.4 Å². The van der Waals surface area contributed by atoms with Crippen LogP contribution in [-0.2, 0) is 6.54 Å². The van der Waals surface area contributed by atoms with Crippen molar-refractivity contribution in [2.45, 2.75) is 13.5 Å². The molecule has 0 radical (unpaired) electrons. The molecule has 0 unspecified atom stereocenters. The summed E-state index contributed by atoms with van der Waals surface area (Å²) in [4.78, 5) is 24.9. The van der Waals surface area contributed by atoms with Crippen molar-refractivity contribution in [2.75, 3.05) is 11.9 Å². The Morgan fingerprint density at radius 3 is 2.69 bits per heavy atom. The molecule has 7 heteroatoms. The van der Waals surface area contributed by atoms with Gasteiger partial charge in [0, 0.05) is 12.4 Å². The number of para-hydroxylation sites is 2. The standard InChI is InChI=1S/C19H19N5O2/c1-2-26-17-9-4-3-8-15(17)23-19-21-12-10-16(24-19)18(25)22-13-14-7-5-6-11-20-14/h3-12H,2,13H2,1H3,(H,22,25)(H,21,23,24). The van der Waals surface area contributed by atoms with Crippen LogP contribution in [0.1, 0.15) is 23.1 Å². The van der Waals surface area contributed by atoms with Crippen molar-refractivity contribution in [1.29, 1.82) is 0 Å². The number of hydrogen-bond donors (Lipinski definition) is 2. The van der Waals surface area contributed by atoms with E-state index in [4.69, 9.17) is 4.74 Å². The smallest absolute Gasteiger partial charge is 0.270 e. The van der Waals surface area contributed by atoms with Crippen molar-refractivity contribution in [3.8, 4) is 5.75 Å². The Morgan fingerprint density at radius 1 is 1.04 bits per heavy atom. The Bertz CT molecular complexity index is 871. The Hall–Kier alpha value is -3.48. The normalized spacial score (nSPS) is 10.2. The summed E-state index contributed by atoms with van der Waals surface area (Å²) < 4.78 is 5.57. The zero-order chi connectivity index (χ0) is 18.2. The Labute approximate surface area is 151 Å². The number of pyridine rings is 1. The average molecular weight is 349 g/mol. The number of anilines is 2. The van der Waals surface area contributed by atoms with Gasteiger partial charge in [-0.05, 0) is 37.3 Å². The summed E-state index contributed by atoms with van der Waals surface area (Å²) in [7, 11) is 0. The van der Waals surface area contributed by atoms with Gasteiger partial charge in [0.15, 0.2) is 0 Å². The van der Waals surface area contributed by atoms with Gasteiger partial charge in [0.2, 0.25) is 5.95 Å². The van der Waals surface area contributed by atoms with E-state index >= 15 is 0 Å². The van der Waals surface area contributed by atoms with Crippen molar-refractivity contribution in [3.05, 3.63) is 72.3 Å². The third kappa shape index (κ3) is 4.54. The number of benzene rings is 1. The molecule has 0 bridgehead atoms. The van der Waals surface area contributed by atoms with E-state index < -0.39 is 0 Å². The van der Waals surface area contributed by atoms with E-state index in [0.29, 0.717) is 24.8 Å². The minimum absolute atomic E-state index is 0.271. The topological polar surface area (TPSA) is 89.0 Å². The van der Waals surface area contributed by atoms with Crippen molar-refractivity contribution in [3.63, 3.8) is 0 Å². The minimum Gasteiger partial charge on any atom is -0.492 e. The van der Waals surface area contributed by atoms with Crippen LogP contribution in [0.4, 0.5) is 11.6 Å². The molecule has 132 valence electrons. The summed E-state index contributed by atoms with van der Waals surface area (Å²) in [6.07, 6.45) is 3.22. The molecule has 26 heavy (non-hydrogen) atoms. The van der Waals surface area contributed by atoms with Gasteiger partial charge in [-0.3, -0.25) is 9.78 Å². The predicted octanol–water partition coefficient (Wildman–Crippen LogP) is 2.94. The molecule has 3 rings (SSSR count). The second-order valence-corrected chi connectivity index (χ2v) is 5.32. The molecule has 0 aliphatic carbocycles. The monoisotopic (exact) mass is 349 g/mol. The van der Waals surface area contributed by atoms with Crippen LogP contribution >= 0.6 is 0 Å². The maximum atomic E-state index is 12.3. The van der Waals surface area contributed by atoms with E-state index in [0.717, 1.165) is 11.4 Å². The Morgan fingerprint density at radius 2 is 1.88 bits per heavy atom. The molecule has 3 aromatic rings. The summed E-state index contributed by atoms with van der Waals surface area (Å²) in [5.74, 6) is 0.727. The zero-order valence-corrected chi connectivity index (χ0v) is 14.3. The largest absolute Gasteiger partial charge is 0.492 e. The number of ether oxygens (including phenoxy) is 1. The molecule has 0 aliphatic rings. The molecule has 0 saturated carbocycles. The number of aromatic nitrogens is 3. The van der Waals surface area contributed by atoms with Gasteiger partial charge in [-0.1, -0.05) is 18.2 Å². The molecule has 1 aromatic carbocycles. The highest BCUT2D eigenvalue weighted by Gasteiger charge is 2.10. The van der Waals surface area contributed by atoms with Gasteiger partial charge in [-0.2, -0.15) is 0 Å². The number of carbonyl (C=O) groups is 1. The van der Waals surface area contributed by atoms with Gasteiger partial charge < -0.3 is 15.4 Å². The summed E-state index contributed by atoms with van der Waals surface area (Å²) in [5.41, 5.74) is 1.78. The number of carbonyl (C=O) groups excluding carboxylic acids is 1. The molecule has 2 aromatic heterocycles. The van der Waals surface area contributed by atoms with Crippen LogP contribution in [0.5, 0.6) is 5.75 Å². The zero-order valence-electron chi connectivity index (χ0n) is 14.3. The molecule has 1 amide bonds. The number of nitrogens with zero attached hydrogens (tertiary/aromatic N) is 3. The highest BCUT2D eigenvalue weighted by molar-refractivity contribution is 5.92. The SMILES string of the molecule is CCOc1ccccc1Nc1nccc(C(=O)NCc2ccccn2)n1. The quantitative estimate of drug-likeness (QED) is 0.682. The molecular weight excluding hydrogens is 330 g/mol. The molecule has 7 nitrogen and oxygen atoms in total. The van der Waals surface area contributed by atoms with Gasteiger partial charge in [0.25, 0.3) is 5.91 Å². The first-order chi connectivity index (χ1) is 12.8. The predicted molar refractivity (Wildman–Crippen MR) is 98.3 cm³/mol. The first-order valence-corrected chi connectivity index (χ1v) is 8.26. The lowest BCUT2D eigenvalue weighted by atomic mass is 10.3. The van der Waals surface area contributed by atoms with Crippen molar-refractivity contribution in [2.24, 2.45) is 0 Å². The Balaban J connectivity index is 1.69. The molecular formula is C19H19N5O2. The molecule has 0 atom stereocenters. The molecule has 2 N–H and O–H groups in total. The first-order valence-electron chi connectivity index (χ1n) is 8.26. The van der Waals surface area contributed by atoms with Gasteiger partial charge in [-0.25, -0.2) is 9.97 Å². The number of rotatable bonds is 7. The highest BCUT2D eigenvalue weighted by atomic mass is 16.5. The van der Waals surface area contributed by atoms with Crippen molar-refractivity contribution < 1.29 is 9.53 Å². The fraction of sp³-hybridized carbons (Fsp3) is 0.158. The molecule has 0 aliphatic heterocycles. The first kappa shape index (κ1) is 17.3. The number of nitrogens with one attached hydrogen (secondary N) is 2. The fourth-order valence-electron chi connectivity index (χ4n) is 2.28. The second kappa shape index (κ2) is 8.57. The summed E-state index contributed by atoms with van der Waals surface area (Å²) in [6, 6.07) is 14.6. The highest BCUT2D eigenvalue weighted by Crippen LogP contribution is 2.25. The minimum atomic E-state index is -0.292. The molecule has 2 heterocycles. The van der Waals surface area contributed by atoms with Crippen LogP contribution in [0, 0.1) is 0 Å². The summed E-state index contributed by atoms with van der Waals surface area (Å²) in [6.45, 7) is 2.80. The number of amides is 1. The van der Waals surface area contributed by atoms with Gasteiger partial charge in [-0.15, -0.1) is 0 Å². The summed E-state index contributed by atoms with van der Waals surface area (Å²) >= 11 is 0. The van der Waals surface area contributed by atoms with Gasteiger partial charge in [0.1, 0.15) is 11.4 Å². The van der Waals surface area contributed by atoms with E-state index in [2.05, 4.69) is 25.6 Å². The van der Waals surface area contributed by atoms with Crippen LogP contribution in [0.25, 0.3) is 0 Å². The molecule has 0 fully saturated rings. The number of hydrogen-bond acceptors (Lipinski definition) is 6. The average Bonchev–Trinajstić information content (AvgIpc) is 2.69. The molecule has 0 saturated heterocycles. The summed E-state index contributed by atoms with van der Waals surface area (Å²) in [5, 5.41) is 5.88. The van der Waals surface area contributed by atoms with E-state index in [-0.39, 0.29) is 11.6 Å².